The van der Waals surface area contributed by atoms with E-state index in [0.717, 1.165) is 30.6 Å². The third kappa shape index (κ3) is 6.51. The summed E-state index contributed by atoms with van der Waals surface area (Å²) < 4.78 is 6.44. The second-order valence-electron chi connectivity index (χ2n) is 7.98. The van der Waals surface area contributed by atoms with Crippen molar-refractivity contribution in [2.45, 2.75) is 32.2 Å². The Labute approximate surface area is 193 Å². The summed E-state index contributed by atoms with van der Waals surface area (Å²) in [6.45, 7) is 4.29. The predicted molar refractivity (Wildman–Crippen MR) is 125 cm³/mol. The number of carbonyl (C=O) groups is 1. The largest absolute Gasteiger partial charge is 0.466 e. The van der Waals surface area contributed by atoms with Crippen LogP contribution in [0.3, 0.4) is 0 Å². The van der Waals surface area contributed by atoms with Crippen LogP contribution in [0.15, 0.2) is 36.5 Å². The molecule has 8 nitrogen and oxygen atoms in total. The van der Waals surface area contributed by atoms with Gasteiger partial charge in [-0.2, -0.15) is 5.10 Å². The van der Waals surface area contributed by atoms with Gasteiger partial charge in [0.1, 0.15) is 17.5 Å². The van der Waals surface area contributed by atoms with Gasteiger partial charge in [-0.05, 0) is 38.9 Å². The van der Waals surface area contributed by atoms with E-state index in [4.69, 9.17) is 17.3 Å². The van der Waals surface area contributed by atoms with E-state index in [-0.39, 0.29) is 5.95 Å². The van der Waals surface area contributed by atoms with Crippen molar-refractivity contribution in [2.24, 2.45) is 7.05 Å². The van der Waals surface area contributed by atoms with E-state index < -0.39 is 0 Å². The lowest BCUT2D eigenvalue weighted by atomic mass is 10.0. The molecule has 0 amide bonds. The number of benzene rings is 1. The van der Waals surface area contributed by atoms with Crippen LogP contribution in [0.2, 0.25) is 5.15 Å². The van der Waals surface area contributed by atoms with E-state index in [1.807, 2.05) is 13.2 Å². The van der Waals surface area contributed by atoms with Gasteiger partial charge in [0.25, 0.3) is 6.47 Å². The van der Waals surface area contributed by atoms with Crippen LogP contribution in [-0.4, -0.2) is 57.4 Å². The zero-order chi connectivity index (χ0) is 23.1. The summed E-state index contributed by atoms with van der Waals surface area (Å²) in [5, 5.41) is 4.81. The molecule has 170 valence electrons. The summed E-state index contributed by atoms with van der Waals surface area (Å²) in [5.74, 6) is 0.148. The minimum atomic E-state index is 0.148. The lowest BCUT2D eigenvalue weighted by Gasteiger charge is -2.17. The van der Waals surface area contributed by atoms with Crippen molar-refractivity contribution in [1.82, 2.24) is 24.6 Å². The topological polar surface area (TPSA) is 99.2 Å². The third-order valence-electron chi connectivity index (χ3n) is 5.36. The molecule has 32 heavy (non-hydrogen) atoms. The van der Waals surface area contributed by atoms with Crippen LogP contribution in [0.5, 0.6) is 0 Å². The van der Waals surface area contributed by atoms with E-state index in [2.05, 4.69) is 62.9 Å². The standard InChI is InChI=1S/C16H16ClN5.C7H13NO2/c1-10-4-3-5-11(6-10)7-12-9-22(2)21-15(12)13-8-14(17)20-16(18)19-13;1-8-4-2-3-7(8)5-10-6-9/h3-6,8-9H,7H2,1-2H3,(H2,18,19,20);6-7H,2-5H2,1H3. The van der Waals surface area contributed by atoms with Gasteiger partial charge < -0.3 is 15.4 Å². The van der Waals surface area contributed by atoms with Crippen LogP contribution in [-0.2, 0) is 23.0 Å². The number of nitrogens with two attached hydrogens (primary N) is 1. The summed E-state index contributed by atoms with van der Waals surface area (Å²) in [4.78, 5) is 20.2. The molecule has 4 rings (SSSR count). The molecule has 0 bridgehead atoms. The van der Waals surface area contributed by atoms with Crippen LogP contribution in [0.4, 0.5) is 5.95 Å². The Hall–Kier alpha value is -2.97. The van der Waals surface area contributed by atoms with E-state index in [1.165, 1.54) is 17.5 Å². The van der Waals surface area contributed by atoms with Crippen molar-refractivity contribution in [3.8, 4) is 11.4 Å². The number of hydrogen-bond acceptors (Lipinski definition) is 7. The minimum Gasteiger partial charge on any atom is -0.466 e. The van der Waals surface area contributed by atoms with Gasteiger partial charge in [0.2, 0.25) is 5.95 Å². The zero-order valence-electron chi connectivity index (χ0n) is 18.7. The van der Waals surface area contributed by atoms with Crippen molar-refractivity contribution in [3.63, 3.8) is 0 Å². The van der Waals surface area contributed by atoms with E-state index in [9.17, 15) is 4.79 Å². The first-order valence-electron chi connectivity index (χ1n) is 10.5. The molecule has 0 spiro atoms. The fraction of sp³-hybridized carbons (Fsp3) is 0.391. The summed E-state index contributed by atoms with van der Waals surface area (Å²) in [7, 11) is 3.95. The molecule has 2 aromatic heterocycles. The Morgan fingerprint density at radius 2 is 2.09 bits per heavy atom. The number of rotatable bonds is 6. The number of anilines is 1. The summed E-state index contributed by atoms with van der Waals surface area (Å²) in [6.07, 6.45) is 5.14. The minimum absolute atomic E-state index is 0.148. The normalized spacial score (nSPS) is 15.8. The van der Waals surface area contributed by atoms with E-state index >= 15 is 0 Å². The van der Waals surface area contributed by atoms with Gasteiger partial charge in [-0.3, -0.25) is 9.48 Å². The number of nitrogens with zero attached hydrogens (tertiary/aromatic N) is 5. The van der Waals surface area contributed by atoms with Gasteiger partial charge in [0, 0.05) is 37.3 Å². The van der Waals surface area contributed by atoms with E-state index in [0.29, 0.717) is 30.0 Å². The number of ether oxygens (including phenoxy) is 1. The number of carbonyl (C=O) groups excluding carboxylic acids is 1. The van der Waals surface area contributed by atoms with Crippen LogP contribution in [0, 0.1) is 6.92 Å². The molecule has 0 saturated carbocycles. The Kier molecular flexibility index (Phi) is 8.19. The Morgan fingerprint density at radius 1 is 1.28 bits per heavy atom. The van der Waals surface area contributed by atoms with Crippen molar-refractivity contribution >= 4 is 24.0 Å². The average Bonchev–Trinajstić information content (AvgIpc) is 3.31. The highest BCUT2D eigenvalue weighted by atomic mass is 35.5. The second kappa shape index (κ2) is 11.1. The first-order chi connectivity index (χ1) is 15.4. The summed E-state index contributed by atoms with van der Waals surface area (Å²) in [6, 6.07) is 10.5. The number of aryl methyl sites for hydroxylation is 2. The number of nitrogen functional groups attached to an aromatic ring is 1. The quantitative estimate of drug-likeness (QED) is 0.448. The first kappa shape index (κ1) is 23.7. The third-order valence-corrected chi connectivity index (χ3v) is 5.56. The molecule has 1 aliphatic heterocycles. The maximum Gasteiger partial charge on any atom is 0.293 e. The number of halogens is 1. The average molecular weight is 457 g/mol. The number of likely N-dealkylation sites (tertiary alicyclic amines) is 1. The molecule has 2 N–H and O–H groups in total. The van der Waals surface area contributed by atoms with Gasteiger partial charge in [-0.25, -0.2) is 9.97 Å². The molecule has 1 fully saturated rings. The van der Waals surface area contributed by atoms with Crippen LogP contribution < -0.4 is 5.73 Å². The molecule has 1 saturated heterocycles. The number of aromatic nitrogens is 4. The fourth-order valence-corrected chi connectivity index (χ4v) is 4.01. The SMILES string of the molecule is CN1CCCC1COC=O.Cc1cccc(Cc2cn(C)nc2-c2cc(Cl)nc(N)n2)c1. The Bertz CT molecular complexity index is 1030. The highest BCUT2D eigenvalue weighted by molar-refractivity contribution is 6.29. The molecule has 0 aliphatic carbocycles. The molecule has 1 aliphatic rings. The van der Waals surface area contributed by atoms with Gasteiger partial charge >= 0.3 is 0 Å². The van der Waals surface area contributed by atoms with Crippen LogP contribution in [0.1, 0.15) is 29.5 Å². The summed E-state index contributed by atoms with van der Waals surface area (Å²) in [5.41, 5.74) is 10.6. The highest BCUT2D eigenvalue weighted by Gasteiger charge is 2.20. The van der Waals surface area contributed by atoms with Crippen molar-refractivity contribution in [1.29, 1.82) is 0 Å². The van der Waals surface area contributed by atoms with Crippen molar-refractivity contribution in [3.05, 3.63) is 58.4 Å². The first-order valence-corrected chi connectivity index (χ1v) is 10.9. The van der Waals surface area contributed by atoms with Crippen LogP contribution in [0.25, 0.3) is 11.4 Å². The smallest absolute Gasteiger partial charge is 0.293 e. The predicted octanol–water partition coefficient (Wildman–Crippen LogP) is 3.27. The van der Waals surface area contributed by atoms with E-state index in [1.54, 1.807) is 10.7 Å². The molecule has 3 heterocycles. The molecule has 9 heteroatoms. The van der Waals surface area contributed by atoms with Gasteiger partial charge in [-0.1, -0.05) is 41.4 Å². The van der Waals surface area contributed by atoms with Gasteiger partial charge in [-0.15, -0.1) is 0 Å². The second-order valence-corrected chi connectivity index (χ2v) is 8.37. The Balaban J connectivity index is 0.000000243. The van der Waals surface area contributed by atoms with Crippen molar-refractivity contribution in [2.75, 3.05) is 25.9 Å². The molecule has 3 aromatic rings. The molecule has 1 aromatic carbocycles. The number of hydrogen-bond donors (Lipinski definition) is 1. The maximum atomic E-state index is 9.83. The summed E-state index contributed by atoms with van der Waals surface area (Å²) >= 11 is 5.97. The fourth-order valence-electron chi connectivity index (χ4n) is 3.82. The lowest BCUT2D eigenvalue weighted by molar-refractivity contribution is -0.129. The lowest BCUT2D eigenvalue weighted by Crippen LogP contribution is -2.29. The Morgan fingerprint density at radius 3 is 2.75 bits per heavy atom. The van der Waals surface area contributed by atoms with Gasteiger partial charge in [0.15, 0.2) is 0 Å². The zero-order valence-corrected chi connectivity index (χ0v) is 19.4. The van der Waals surface area contributed by atoms with Gasteiger partial charge in [0.05, 0.1) is 5.69 Å². The van der Waals surface area contributed by atoms with Crippen LogP contribution >= 0.6 is 11.6 Å². The molecular weight excluding hydrogens is 428 g/mol. The van der Waals surface area contributed by atoms with Crippen molar-refractivity contribution < 1.29 is 9.53 Å². The molecular formula is C23H29ClN6O2. The monoisotopic (exact) mass is 456 g/mol. The maximum absolute atomic E-state index is 9.83. The highest BCUT2D eigenvalue weighted by Crippen LogP contribution is 2.25. The molecule has 1 atom stereocenters. The molecule has 0 radical (unpaired) electrons. The number of likely N-dealkylation sites (N-methyl/N-ethyl adjacent to an activating group) is 1. The molecule has 1 unspecified atom stereocenters.